The number of alkyl halides is 1. The van der Waals surface area contributed by atoms with E-state index in [9.17, 15) is 0 Å². The van der Waals surface area contributed by atoms with E-state index in [0.717, 1.165) is 17.6 Å². The lowest BCUT2D eigenvalue weighted by Crippen LogP contribution is -2.21. The fourth-order valence-corrected chi connectivity index (χ4v) is 1.59. The van der Waals surface area contributed by atoms with Crippen molar-refractivity contribution >= 4 is 27.5 Å². The van der Waals surface area contributed by atoms with Gasteiger partial charge in [-0.25, -0.2) is 0 Å². The van der Waals surface area contributed by atoms with E-state index < -0.39 is 0 Å². The first-order chi connectivity index (χ1) is 6.72. The molecule has 1 N–H and O–H groups in total. The van der Waals surface area contributed by atoms with Crippen molar-refractivity contribution in [2.24, 2.45) is 5.92 Å². The molecule has 1 atom stereocenters. The zero-order chi connectivity index (χ0) is 10.4. The summed E-state index contributed by atoms with van der Waals surface area (Å²) < 4.78 is 1.02. The van der Waals surface area contributed by atoms with Crippen LogP contribution in [0.1, 0.15) is 12.5 Å². The van der Waals surface area contributed by atoms with Gasteiger partial charge in [0.2, 0.25) is 0 Å². The first kappa shape index (κ1) is 12.0. The molecule has 0 aromatic carbocycles. The maximum Gasteiger partial charge on any atom is 0.0410 e. The van der Waals surface area contributed by atoms with Crippen molar-refractivity contribution in [3.63, 3.8) is 0 Å². The second-order valence-corrected chi connectivity index (χ2v) is 4.63. The van der Waals surface area contributed by atoms with Gasteiger partial charge in [0, 0.05) is 29.3 Å². The molecule has 0 amide bonds. The standard InChI is InChI=1S/C10H14BrClN2/c1-8(3-12)4-13-5-9-2-10(11)7-14-6-9/h2,6-8,13H,3-5H2,1H3. The Labute approximate surface area is 98.2 Å². The number of aromatic nitrogens is 1. The summed E-state index contributed by atoms with van der Waals surface area (Å²) in [6.07, 6.45) is 3.65. The maximum atomic E-state index is 5.70. The van der Waals surface area contributed by atoms with Gasteiger partial charge >= 0.3 is 0 Å². The predicted octanol–water partition coefficient (Wildman–Crippen LogP) is 2.81. The predicted molar refractivity (Wildman–Crippen MR) is 63.5 cm³/mol. The van der Waals surface area contributed by atoms with Crippen molar-refractivity contribution in [1.29, 1.82) is 0 Å². The Balaban J connectivity index is 2.31. The molecule has 78 valence electrons. The quantitative estimate of drug-likeness (QED) is 0.837. The summed E-state index contributed by atoms with van der Waals surface area (Å²) >= 11 is 9.08. The molecule has 0 aliphatic rings. The molecule has 14 heavy (non-hydrogen) atoms. The average Bonchev–Trinajstić information content (AvgIpc) is 2.17. The highest BCUT2D eigenvalue weighted by Crippen LogP contribution is 2.09. The maximum absolute atomic E-state index is 5.70. The first-order valence-corrected chi connectivity index (χ1v) is 5.91. The van der Waals surface area contributed by atoms with Crippen molar-refractivity contribution in [1.82, 2.24) is 10.3 Å². The Morgan fingerprint density at radius 1 is 1.57 bits per heavy atom. The van der Waals surface area contributed by atoms with Crippen LogP contribution in [0.5, 0.6) is 0 Å². The summed E-state index contributed by atoms with van der Waals surface area (Å²) in [5.74, 6) is 1.21. The average molecular weight is 278 g/mol. The van der Waals surface area contributed by atoms with Crippen molar-refractivity contribution in [2.45, 2.75) is 13.5 Å². The minimum absolute atomic E-state index is 0.511. The molecule has 0 saturated heterocycles. The number of halogens is 2. The SMILES string of the molecule is CC(CCl)CNCc1cncc(Br)c1. The molecule has 0 radical (unpaired) electrons. The third-order valence-electron chi connectivity index (χ3n) is 1.85. The lowest BCUT2D eigenvalue weighted by Gasteiger charge is -2.08. The van der Waals surface area contributed by atoms with Gasteiger partial charge in [-0.1, -0.05) is 6.92 Å². The van der Waals surface area contributed by atoms with Gasteiger partial charge in [0.25, 0.3) is 0 Å². The number of pyridine rings is 1. The largest absolute Gasteiger partial charge is 0.312 e. The van der Waals surface area contributed by atoms with Gasteiger partial charge < -0.3 is 5.32 Å². The summed E-state index contributed by atoms with van der Waals surface area (Å²) in [6, 6.07) is 2.06. The summed E-state index contributed by atoms with van der Waals surface area (Å²) in [6.45, 7) is 3.91. The van der Waals surface area contributed by atoms with E-state index in [2.05, 4.69) is 39.2 Å². The monoisotopic (exact) mass is 276 g/mol. The smallest absolute Gasteiger partial charge is 0.0410 e. The van der Waals surface area contributed by atoms with E-state index in [4.69, 9.17) is 11.6 Å². The van der Waals surface area contributed by atoms with Crippen LogP contribution >= 0.6 is 27.5 Å². The van der Waals surface area contributed by atoms with Gasteiger partial charge in [-0.05, 0) is 40.0 Å². The van der Waals surface area contributed by atoms with E-state index in [0.29, 0.717) is 11.8 Å². The number of hydrogen-bond acceptors (Lipinski definition) is 2. The van der Waals surface area contributed by atoms with Crippen LogP contribution in [0.25, 0.3) is 0 Å². The highest BCUT2D eigenvalue weighted by atomic mass is 79.9. The molecule has 0 saturated carbocycles. The Bertz CT molecular complexity index is 281. The number of nitrogens with one attached hydrogen (secondary N) is 1. The van der Waals surface area contributed by atoms with Gasteiger partial charge in [0.1, 0.15) is 0 Å². The van der Waals surface area contributed by atoms with E-state index in [-0.39, 0.29) is 0 Å². The summed E-state index contributed by atoms with van der Waals surface area (Å²) in [7, 11) is 0. The van der Waals surface area contributed by atoms with E-state index in [1.807, 2.05) is 6.20 Å². The fourth-order valence-electron chi connectivity index (χ4n) is 1.07. The lowest BCUT2D eigenvalue weighted by atomic mass is 10.2. The van der Waals surface area contributed by atoms with Gasteiger partial charge in [0.05, 0.1) is 0 Å². The molecule has 1 aromatic rings. The Hall–Kier alpha value is -0.120. The van der Waals surface area contributed by atoms with Crippen LogP contribution in [-0.4, -0.2) is 17.4 Å². The molecule has 1 heterocycles. The van der Waals surface area contributed by atoms with Gasteiger partial charge in [0.15, 0.2) is 0 Å². The van der Waals surface area contributed by atoms with Crippen molar-refractivity contribution in [3.8, 4) is 0 Å². The number of rotatable bonds is 5. The van der Waals surface area contributed by atoms with Crippen LogP contribution in [0.4, 0.5) is 0 Å². The van der Waals surface area contributed by atoms with Crippen LogP contribution in [0.2, 0.25) is 0 Å². The van der Waals surface area contributed by atoms with Crippen LogP contribution in [-0.2, 0) is 6.54 Å². The van der Waals surface area contributed by atoms with Crippen LogP contribution in [0.3, 0.4) is 0 Å². The molecule has 0 spiro atoms. The van der Waals surface area contributed by atoms with Crippen molar-refractivity contribution in [2.75, 3.05) is 12.4 Å². The third-order valence-corrected chi connectivity index (χ3v) is 2.81. The molecule has 1 aromatic heterocycles. The highest BCUT2D eigenvalue weighted by Gasteiger charge is 1.99. The van der Waals surface area contributed by atoms with Gasteiger partial charge in [-0.15, -0.1) is 11.6 Å². The molecule has 0 fully saturated rings. The van der Waals surface area contributed by atoms with Crippen molar-refractivity contribution < 1.29 is 0 Å². The minimum Gasteiger partial charge on any atom is -0.312 e. The molecule has 0 bridgehead atoms. The van der Waals surface area contributed by atoms with E-state index in [1.165, 1.54) is 5.56 Å². The summed E-state index contributed by atoms with van der Waals surface area (Å²) in [4.78, 5) is 4.09. The molecule has 2 nitrogen and oxygen atoms in total. The van der Waals surface area contributed by atoms with Crippen molar-refractivity contribution in [3.05, 3.63) is 28.5 Å². The molecule has 4 heteroatoms. The second kappa shape index (κ2) is 6.38. The summed E-state index contributed by atoms with van der Waals surface area (Å²) in [5.41, 5.74) is 1.18. The number of hydrogen-bond donors (Lipinski definition) is 1. The van der Waals surface area contributed by atoms with Gasteiger partial charge in [-0.3, -0.25) is 4.98 Å². The summed E-state index contributed by atoms with van der Waals surface area (Å²) in [5, 5.41) is 3.33. The zero-order valence-corrected chi connectivity index (χ0v) is 10.5. The van der Waals surface area contributed by atoms with Crippen LogP contribution in [0.15, 0.2) is 22.9 Å². The molecule has 0 aliphatic heterocycles. The first-order valence-electron chi connectivity index (χ1n) is 4.58. The minimum atomic E-state index is 0.511. The van der Waals surface area contributed by atoms with Crippen LogP contribution < -0.4 is 5.32 Å². The topological polar surface area (TPSA) is 24.9 Å². The Kier molecular flexibility index (Phi) is 5.45. The fraction of sp³-hybridized carbons (Fsp3) is 0.500. The second-order valence-electron chi connectivity index (χ2n) is 3.40. The zero-order valence-electron chi connectivity index (χ0n) is 8.13. The van der Waals surface area contributed by atoms with E-state index in [1.54, 1.807) is 6.20 Å². The Morgan fingerprint density at radius 3 is 3.00 bits per heavy atom. The third kappa shape index (κ3) is 4.40. The molecule has 1 rings (SSSR count). The lowest BCUT2D eigenvalue weighted by molar-refractivity contribution is 0.556. The highest BCUT2D eigenvalue weighted by molar-refractivity contribution is 9.10. The Morgan fingerprint density at radius 2 is 2.36 bits per heavy atom. The number of nitrogens with zero attached hydrogens (tertiary/aromatic N) is 1. The van der Waals surface area contributed by atoms with Gasteiger partial charge in [-0.2, -0.15) is 0 Å². The molecule has 0 aliphatic carbocycles. The molecular formula is C10H14BrClN2. The molecular weight excluding hydrogens is 263 g/mol. The van der Waals surface area contributed by atoms with Crippen LogP contribution in [0, 0.1) is 5.92 Å². The normalized spacial score (nSPS) is 12.8. The molecule has 1 unspecified atom stereocenters. The van der Waals surface area contributed by atoms with E-state index >= 15 is 0 Å².